The van der Waals surface area contributed by atoms with Crippen molar-refractivity contribution in [2.45, 2.75) is 52.1 Å². The first kappa shape index (κ1) is 31.4. The molecule has 2 aromatic heterocycles. The predicted octanol–water partition coefficient (Wildman–Crippen LogP) is 5.41. The second-order valence-electron chi connectivity index (χ2n) is 11.3. The van der Waals surface area contributed by atoms with Gasteiger partial charge in [0.2, 0.25) is 10.0 Å². The highest BCUT2D eigenvalue weighted by atomic mass is 32.2. The highest BCUT2D eigenvalue weighted by molar-refractivity contribution is 7.88. The first-order valence-corrected chi connectivity index (χ1v) is 16.7. The third kappa shape index (κ3) is 7.53. The lowest BCUT2D eigenvalue weighted by Crippen LogP contribution is -2.44. The Morgan fingerprint density at radius 3 is 2.61 bits per heavy atom. The van der Waals surface area contributed by atoms with E-state index in [-0.39, 0.29) is 0 Å². The minimum absolute atomic E-state index is 0.326. The number of sulfonamides is 1. The third-order valence-corrected chi connectivity index (χ3v) is 8.77. The monoisotopic (exact) mass is 617 g/mol. The van der Waals surface area contributed by atoms with Crippen molar-refractivity contribution < 1.29 is 23.1 Å². The van der Waals surface area contributed by atoms with Gasteiger partial charge in [0.15, 0.2) is 5.82 Å². The number of aromatic nitrogens is 2. The largest absolute Gasteiger partial charge is 0.493 e. The molecule has 0 saturated carbocycles. The highest BCUT2D eigenvalue weighted by Gasteiger charge is 2.28. The Morgan fingerprint density at radius 1 is 1.07 bits per heavy atom. The van der Waals surface area contributed by atoms with Gasteiger partial charge in [-0.25, -0.2) is 18.1 Å². The second-order valence-corrected chi connectivity index (χ2v) is 13.1. The van der Waals surface area contributed by atoms with Crippen LogP contribution in [0.15, 0.2) is 60.9 Å². The van der Waals surface area contributed by atoms with E-state index in [9.17, 15) is 18.3 Å². The van der Waals surface area contributed by atoms with E-state index in [1.165, 1.54) is 0 Å². The number of nitrogens with one attached hydrogen (secondary N) is 2. The first-order valence-electron chi connectivity index (χ1n) is 14.9. The zero-order valence-electron chi connectivity index (χ0n) is 25.3. The van der Waals surface area contributed by atoms with Gasteiger partial charge in [0.05, 0.1) is 12.9 Å². The zero-order chi connectivity index (χ0) is 31.3. The van der Waals surface area contributed by atoms with Crippen LogP contribution in [0.5, 0.6) is 5.75 Å². The standard InChI is InChI=1S/C33H39N5O5S/c1-22-26(27-10-7-13-30(23(27)2)43-18-8-15-36-44(3,41)42)9-6-11-28(22)37-32-31-25(14-16-34-32)19-24(20-35-31)21-38-17-5-4-12-29(38)33(39)40/h6-7,9-11,13-14,16,19-20,29,36H,4-5,8,12,15,17-18,21H2,1-3H3,(H,34,37)(H,39,40). The fourth-order valence-corrected chi connectivity index (χ4v) is 6.26. The molecule has 2 aromatic carbocycles. The molecule has 5 rings (SSSR count). The lowest BCUT2D eigenvalue weighted by atomic mass is 9.95. The quantitative estimate of drug-likeness (QED) is 0.178. The molecular formula is C33H39N5O5S. The molecule has 0 aliphatic carbocycles. The summed E-state index contributed by atoms with van der Waals surface area (Å²) in [5.74, 6) is 0.641. The summed E-state index contributed by atoms with van der Waals surface area (Å²) in [4.78, 5) is 23.1. The number of carboxylic acid groups (broad SMARTS) is 1. The molecule has 1 aliphatic heterocycles. The Hall–Kier alpha value is -4.06. The minimum atomic E-state index is -3.22. The SMILES string of the molecule is Cc1c(Nc2nccc3cc(CN4CCCCC4C(=O)O)cnc23)cccc1-c1cccc(OCCCNS(C)(=O)=O)c1C. The van der Waals surface area contributed by atoms with Gasteiger partial charge in [-0.2, -0.15) is 0 Å². The number of ether oxygens (including phenoxy) is 1. The molecule has 232 valence electrons. The van der Waals surface area contributed by atoms with E-state index in [4.69, 9.17) is 9.72 Å². The molecule has 0 amide bonds. The van der Waals surface area contributed by atoms with Gasteiger partial charge in [0, 0.05) is 36.6 Å². The molecule has 1 fully saturated rings. The average Bonchev–Trinajstić information content (AvgIpc) is 2.99. The van der Waals surface area contributed by atoms with Gasteiger partial charge in [-0.15, -0.1) is 0 Å². The third-order valence-electron chi connectivity index (χ3n) is 8.04. The maximum atomic E-state index is 11.8. The highest BCUT2D eigenvalue weighted by Crippen LogP contribution is 2.36. The summed E-state index contributed by atoms with van der Waals surface area (Å²) in [7, 11) is -3.22. The lowest BCUT2D eigenvalue weighted by molar-refractivity contribution is -0.144. The van der Waals surface area contributed by atoms with Crippen LogP contribution in [0.3, 0.4) is 0 Å². The molecule has 11 heteroatoms. The number of hydrogen-bond donors (Lipinski definition) is 3. The zero-order valence-corrected chi connectivity index (χ0v) is 26.2. The summed E-state index contributed by atoms with van der Waals surface area (Å²) in [5, 5.41) is 14.1. The van der Waals surface area contributed by atoms with Crippen molar-refractivity contribution in [3.05, 3.63) is 77.6 Å². The second kappa shape index (κ2) is 13.7. The van der Waals surface area contributed by atoms with E-state index in [2.05, 4.69) is 40.1 Å². The maximum absolute atomic E-state index is 11.8. The van der Waals surface area contributed by atoms with Crippen LogP contribution in [0.2, 0.25) is 0 Å². The van der Waals surface area contributed by atoms with Gasteiger partial charge in [0.25, 0.3) is 0 Å². The number of aliphatic carboxylic acids is 1. The summed E-state index contributed by atoms with van der Waals surface area (Å²) in [6, 6.07) is 15.6. The lowest BCUT2D eigenvalue weighted by Gasteiger charge is -2.32. The fraction of sp³-hybridized carbons (Fsp3) is 0.364. The molecule has 1 atom stereocenters. The van der Waals surface area contributed by atoms with Gasteiger partial charge < -0.3 is 15.2 Å². The van der Waals surface area contributed by atoms with Crippen LogP contribution in [0, 0.1) is 13.8 Å². The number of piperidine rings is 1. The van der Waals surface area contributed by atoms with Gasteiger partial charge in [-0.1, -0.05) is 30.7 Å². The number of carboxylic acids is 1. The Labute approximate surface area is 258 Å². The molecule has 10 nitrogen and oxygen atoms in total. The van der Waals surface area contributed by atoms with Gasteiger partial charge >= 0.3 is 5.97 Å². The van der Waals surface area contributed by atoms with Crippen LogP contribution in [0.4, 0.5) is 11.5 Å². The molecule has 3 heterocycles. The van der Waals surface area contributed by atoms with E-state index in [1.807, 2.05) is 48.4 Å². The normalized spacial score (nSPS) is 15.8. The maximum Gasteiger partial charge on any atom is 0.320 e. The Bertz CT molecular complexity index is 1760. The molecule has 1 unspecified atom stereocenters. The average molecular weight is 618 g/mol. The van der Waals surface area contributed by atoms with Crippen molar-refractivity contribution in [3.8, 4) is 16.9 Å². The number of carbonyl (C=O) groups is 1. The number of fused-ring (bicyclic) bond motifs is 1. The molecule has 44 heavy (non-hydrogen) atoms. The Kier molecular flexibility index (Phi) is 9.77. The van der Waals surface area contributed by atoms with E-state index < -0.39 is 22.0 Å². The molecule has 1 aliphatic rings. The molecule has 0 radical (unpaired) electrons. The summed E-state index contributed by atoms with van der Waals surface area (Å²) < 4.78 is 31.1. The first-order chi connectivity index (χ1) is 21.1. The molecule has 0 spiro atoms. The van der Waals surface area contributed by atoms with E-state index >= 15 is 0 Å². The number of nitrogens with zero attached hydrogens (tertiary/aromatic N) is 3. The molecule has 4 aromatic rings. The van der Waals surface area contributed by atoms with Gasteiger partial charge in [-0.3, -0.25) is 14.7 Å². The topological polar surface area (TPSA) is 134 Å². The van der Waals surface area contributed by atoms with Crippen LogP contribution in [0.25, 0.3) is 22.0 Å². The van der Waals surface area contributed by atoms with Gasteiger partial charge in [0.1, 0.15) is 17.3 Å². The van der Waals surface area contributed by atoms with Crippen LogP contribution >= 0.6 is 0 Å². The number of benzene rings is 2. The van der Waals surface area contributed by atoms with Crippen LogP contribution in [0.1, 0.15) is 42.4 Å². The molecule has 0 bridgehead atoms. The predicted molar refractivity (Wildman–Crippen MR) is 173 cm³/mol. The minimum Gasteiger partial charge on any atom is -0.493 e. The summed E-state index contributed by atoms with van der Waals surface area (Å²) >= 11 is 0. The van der Waals surface area contributed by atoms with Crippen molar-refractivity contribution in [2.75, 3.05) is 31.3 Å². The van der Waals surface area contributed by atoms with Crippen LogP contribution in [-0.2, 0) is 21.4 Å². The molecule has 3 N–H and O–H groups in total. The van der Waals surface area contributed by atoms with E-state index in [0.29, 0.717) is 38.4 Å². The smallest absolute Gasteiger partial charge is 0.320 e. The number of pyridine rings is 2. The summed E-state index contributed by atoms with van der Waals surface area (Å²) in [5.41, 5.74) is 6.77. The van der Waals surface area contributed by atoms with Crippen LogP contribution in [-0.4, -0.2) is 66.4 Å². The summed E-state index contributed by atoms with van der Waals surface area (Å²) in [6.07, 6.45) is 7.90. The van der Waals surface area contributed by atoms with Gasteiger partial charge in [-0.05, 0) is 91.7 Å². The fourth-order valence-electron chi connectivity index (χ4n) is 5.74. The summed E-state index contributed by atoms with van der Waals surface area (Å²) in [6.45, 7) is 6.13. The van der Waals surface area contributed by atoms with Crippen molar-refractivity contribution >= 4 is 38.4 Å². The van der Waals surface area contributed by atoms with Crippen molar-refractivity contribution in [2.24, 2.45) is 0 Å². The van der Waals surface area contributed by atoms with Crippen molar-refractivity contribution in [1.29, 1.82) is 0 Å². The number of likely N-dealkylation sites (tertiary alicyclic amines) is 1. The number of rotatable bonds is 12. The number of anilines is 2. The van der Waals surface area contributed by atoms with Crippen molar-refractivity contribution in [1.82, 2.24) is 19.6 Å². The van der Waals surface area contributed by atoms with E-state index in [1.54, 1.807) is 6.20 Å². The molecule has 1 saturated heterocycles. The van der Waals surface area contributed by atoms with E-state index in [0.717, 1.165) is 75.8 Å². The Balaban J connectivity index is 1.34. The van der Waals surface area contributed by atoms with Crippen molar-refractivity contribution in [3.63, 3.8) is 0 Å². The Morgan fingerprint density at radius 2 is 1.84 bits per heavy atom. The molecular weight excluding hydrogens is 578 g/mol. The number of hydrogen-bond acceptors (Lipinski definition) is 8. The van der Waals surface area contributed by atoms with Crippen LogP contribution < -0.4 is 14.8 Å².